The smallest absolute Gasteiger partial charge is 0.150 e. The van der Waals surface area contributed by atoms with Gasteiger partial charge >= 0.3 is 0 Å². The summed E-state index contributed by atoms with van der Waals surface area (Å²) < 4.78 is 16.0. The molecule has 0 amide bonds. The first-order chi connectivity index (χ1) is 10.2. The number of carbonyl (C=O) groups is 1. The maximum absolute atomic E-state index is 13.9. The van der Waals surface area contributed by atoms with Crippen molar-refractivity contribution in [3.8, 4) is 0 Å². The SMILES string of the molecule is CCn1c(Cc2cc(C=O)ccc2F)nc2ccccc21. The Labute approximate surface area is 122 Å². The molecule has 3 nitrogen and oxygen atoms in total. The fourth-order valence-corrected chi connectivity index (χ4v) is 2.59. The molecule has 0 aliphatic heterocycles. The lowest BCUT2D eigenvalue weighted by atomic mass is 10.1. The number of benzene rings is 2. The Bertz CT molecular complexity index is 808. The van der Waals surface area contributed by atoms with E-state index in [4.69, 9.17) is 0 Å². The van der Waals surface area contributed by atoms with Gasteiger partial charge in [-0.2, -0.15) is 0 Å². The molecular weight excluding hydrogens is 267 g/mol. The number of rotatable bonds is 4. The first-order valence-corrected chi connectivity index (χ1v) is 6.90. The van der Waals surface area contributed by atoms with Crippen molar-refractivity contribution >= 4 is 17.3 Å². The van der Waals surface area contributed by atoms with E-state index in [1.165, 1.54) is 12.1 Å². The van der Waals surface area contributed by atoms with Crippen molar-refractivity contribution in [2.24, 2.45) is 0 Å². The summed E-state index contributed by atoms with van der Waals surface area (Å²) in [5.41, 5.74) is 2.92. The molecule has 4 heteroatoms. The summed E-state index contributed by atoms with van der Waals surface area (Å²) in [5.74, 6) is 0.496. The third-order valence-corrected chi connectivity index (χ3v) is 3.60. The van der Waals surface area contributed by atoms with E-state index in [2.05, 4.69) is 9.55 Å². The van der Waals surface area contributed by atoms with Crippen molar-refractivity contribution in [2.45, 2.75) is 19.9 Å². The Hall–Kier alpha value is -2.49. The predicted octanol–water partition coefficient (Wildman–Crippen LogP) is 3.60. The van der Waals surface area contributed by atoms with Crippen LogP contribution in [0.25, 0.3) is 11.0 Å². The quantitative estimate of drug-likeness (QED) is 0.685. The predicted molar refractivity (Wildman–Crippen MR) is 80.0 cm³/mol. The average molecular weight is 282 g/mol. The summed E-state index contributed by atoms with van der Waals surface area (Å²) in [7, 11) is 0. The molecule has 3 aromatic rings. The normalized spacial score (nSPS) is 11.0. The van der Waals surface area contributed by atoms with Gasteiger partial charge in [0.1, 0.15) is 17.9 Å². The minimum absolute atomic E-state index is 0.310. The van der Waals surface area contributed by atoms with E-state index < -0.39 is 0 Å². The van der Waals surface area contributed by atoms with Gasteiger partial charge in [-0.25, -0.2) is 9.37 Å². The highest BCUT2D eigenvalue weighted by atomic mass is 19.1. The molecule has 2 aromatic carbocycles. The van der Waals surface area contributed by atoms with Crippen LogP contribution in [0.15, 0.2) is 42.5 Å². The van der Waals surface area contributed by atoms with Crippen LogP contribution in [0.1, 0.15) is 28.7 Å². The van der Waals surface area contributed by atoms with Crippen LogP contribution in [0.5, 0.6) is 0 Å². The van der Waals surface area contributed by atoms with Gasteiger partial charge in [0.15, 0.2) is 0 Å². The second-order valence-corrected chi connectivity index (χ2v) is 4.91. The van der Waals surface area contributed by atoms with E-state index in [0.29, 0.717) is 17.5 Å². The Balaban J connectivity index is 2.07. The highest BCUT2D eigenvalue weighted by Crippen LogP contribution is 2.20. The largest absolute Gasteiger partial charge is 0.328 e. The van der Waals surface area contributed by atoms with E-state index >= 15 is 0 Å². The van der Waals surface area contributed by atoms with E-state index in [1.54, 1.807) is 6.07 Å². The minimum Gasteiger partial charge on any atom is -0.328 e. The number of carbonyl (C=O) groups excluding carboxylic acids is 1. The van der Waals surface area contributed by atoms with Crippen molar-refractivity contribution < 1.29 is 9.18 Å². The fourth-order valence-electron chi connectivity index (χ4n) is 2.59. The molecular formula is C17H15FN2O. The van der Waals surface area contributed by atoms with Crippen molar-refractivity contribution in [2.75, 3.05) is 0 Å². The maximum Gasteiger partial charge on any atom is 0.150 e. The standard InChI is InChI=1S/C17H15FN2O/c1-2-20-16-6-4-3-5-15(16)19-17(20)10-13-9-12(11-21)7-8-14(13)18/h3-9,11H,2,10H2,1H3. The number of hydrogen-bond acceptors (Lipinski definition) is 2. The summed E-state index contributed by atoms with van der Waals surface area (Å²) >= 11 is 0. The molecule has 1 aromatic heterocycles. The Morgan fingerprint density at radius 2 is 2.05 bits per heavy atom. The van der Waals surface area contributed by atoms with Crippen LogP contribution in [0.4, 0.5) is 4.39 Å². The van der Waals surface area contributed by atoms with Gasteiger partial charge < -0.3 is 4.57 Å². The molecule has 0 saturated heterocycles. The summed E-state index contributed by atoms with van der Waals surface area (Å²) in [5, 5.41) is 0. The number of aryl methyl sites for hydroxylation is 1. The van der Waals surface area contributed by atoms with Gasteiger partial charge in [-0.3, -0.25) is 4.79 Å². The summed E-state index contributed by atoms with van der Waals surface area (Å²) in [6, 6.07) is 12.3. The molecule has 106 valence electrons. The van der Waals surface area contributed by atoms with Crippen LogP contribution in [0, 0.1) is 5.82 Å². The number of nitrogens with zero attached hydrogens (tertiary/aromatic N) is 2. The molecule has 0 saturated carbocycles. The van der Waals surface area contributed by atoms with Crippen LogP contribution < -0.4 is 0 Å². The van der Waals surface area contributed by atoms with Gasteiger partial charge in [0.05, 0.1) is 11.0 Å². The minimum atomic E-state index is -0.310. The molecule has 0 aliphatic rings. The van der Waals surface area contributed by atoms with Crippen LogP contribution in [-0.4, -0.2) is 15.8 Å². The van der Waals surface area contributed by atoms with Gasteiger partial charge in [-0.15, -0.1) is 0 Å². The van der Waals surface area contributed by atoms with E-state index in [0.717, 1.165) is 29.7 Å². The molecule has 0 atom stereocenters. The molecule has 0 N–H and O–H groups in total. The summed E-state index contributed by atoms with van der Waals surface area (Å²) in [6.45, 7) is 2.81. The third kappa shape index (κ3) is 2.44. The zero-order valence-electron chi connectivity index (χ0n) is 11.7. The molecule has 21 heavy (non-hydrogen) atoms. The highest BCUT2D eigenvalue weighted by molar-refractivity contribution is 5.76. The van der Waals surface area contributed by atoms with Crippen LogP contribution in [-0.2, 0) is 13.0 Å². The topological polar surface area (TPSA) is 34.9 Å². The lowest BCUT2D eigenvalue weighted by Gasteiger charge is -2.07. The number of para-hydroxylation sites is 2. The van der Waals surface area contributed by atoms with Gasteiger partial charge in [0.2, 0.25) is 0 Å². The number of hydrogen-bond donors (Lipinski definition) is 0. The Morgan fingerprint density at radius 1 is 1.24 bits per heavy atom. The zero-order valence-corrected chi connectivity index (χ0v) is 11.7. The second-order valence-electron chi connectivity index (χ2n) is 4.91. The molecule has 0 bridgehead atoms. The van der Waals surface area contributed by atoms with Crippen molar-refractivity contribution in [3.63, 3.8) is 0 Å². The van der Waals surface area contributed by atoms with Gasteiger partial charge in [-0.1, -0.05) is 12.1 Å². The van der Waals surface area contributed by atoms with Crippen molar-refractivity contribution in [1.82, 2.24) is 9.55 Å². The van der Waals surface area contributed by atoms with Crippen molar-refractivity contribution in [1.29, 1.82) is 0 Å². The second kappa shape index (κ2) is 5.48. The molecule has 3 rings (SSSR count). The van der Waals surface area contributed by atoms with Crippen LogP contribution >= 0.6 is 0 Å². The van der Waals surface area contributed by atoms with Crippen LogP contribution in [0.2, 0.25) is 0 Å². The average Bonchev–Trinajstić information content (AvgIpc) is 2.86. The van der Waals surface area contributed by atoms with Gasteiger partial charge in [-0.05, 0) is 42.8 Å². The molecule has 1 heterocycles. The monoisotopic (exact) mass is 282 g/mol. The Morgan fingerprint density at radius 3 is 2.81 bits per heavy atom. The first-order valence-electron chi connectivity index (χ1n) is 6.90. The van der Waals surface area contributed by atoms with E-state index in [9.17, 15) is 9.18 Å². The molecule has 0 aliphatic carbocycles. The van der Waals surface area contributed by atoms with Crippen LogP contribution in [0.3, 0.4) is 0 Å². The van der Waals surface area contributed by atoms with E-state index in [-0.39, 0.29) is 5.82 Å². The molecule has 0 radical (unpaired) electrons. The summed E-state index contributed by atoms with van der Waals surface area (Å²) in [4.78, 5) is 15.4. The van der Waals surface area contributed by atoms with Gasteiger partial charge in [0.25, 0.3) is 0 Å². The zero-order chi connectivity index (χ0) is 14.8. The molecule has 0 fully saturated rings. The maximum atomic E-state index is 13.9. The number of aromatic nitrogens is 2. The Kier molecular flexibility index (Phi) is 3.52. The van der Waals surface area contributed by atoms with Crippen molar-refractivity contribution in [3.05, 3.63) is 65.2 Å². The highest BCUT2D eigenvalue weighted by Gasteiger charge is 2.12. The lowest BCUT2D eigenvalue weighted by Crippen LogP contribution is -2.04. The fraction of sp³-hybridized carbons (Fsp3) is 0.176. The molecule has 0 spiro atoms. The summed E-state index contributed by atoms with van der Waals surface area (Å²) in [6.07, 6.45) is 1.10. The van der Waals surface area contributed by atoms with E-state index in [1.807, 2.05) is 31.2 Å². The lowest BCUT2D eigenvalue weighted by molar-refractivity contribution is 0.112. The number of imidazole rings is 1. The number of halogens is 1. The molecule has 0 unspecified atom stereocenters. The first kappa shape index (κ1) is 13.5. The number of fused-ring (bicyclic) bond motifs is 1. The van der Waals surface area contributed by atoms with Gasteiger partial charge in [0, 0.05) is 18.5 Å². The number of aldehydes is 1. The third-order valence-electron chi connectivity index (χ3n) is 3.60.